The molecule has 1 aromatic carbocycles. The van der Waals surface area contributed by atoms with Crippen LogP contribution in [-0.2, 0) is 0 Å². The standard InChI is InChI=1S/C14H10BrClN2S/c1-7-3-4-8(2)11-10(7)12(17-18-14(11)16)13-9(15)5-6-19-13/h3-6H,1-2H3. The van der Waals surface area contributed by atoms with E-state index in [9.17, 15) is 0 Å². The zero-order valence-corrected chi connectivity index (χ0v) is 13.5. The first-order valence-electron chi connectivity index (χ1n) is 5.75. The Morgan fingerprint density at radius 2 is 1.74 bits per heavy atom. The van der Waals surface area contributed by atoms with Gasteiger partial charge in [-0.1, -0.05) is 23.7 Å². The highest BCUT2D eigenvalue weighted by atomic mass is 79.9. The SMILES string of the molecule is Cc1ccc(C)c2c(-c3sccc3Br)nnc(Cl)c12. The van der Waals surface area contributed by atoms with E-state index in [1.807, 2.05) is 18.4 Å². The number of nitrogens with zero attached hydrogens (tertiary/aromatic N) is 2. The number of halogens is 2. The molecule has 0 fully saturated rings. The van der Waals surface area contributed by atoms with E-state index < -0.39 is 0 Å². The predicted octanol–water partition coefficient (Wildman–Crippen LogP) is 5.39. The van der Waals surface area contributed by atoms with Crippen molar-refractivity contribution in [2.75, 3.05) is 0 Å². The number of fused-ring (bicyclic) bond motifs is 1. The molecule has 0 saturated carbocycles. The largest absolute Gasteiger partial charge is 0.159 e. The fourth-order valence-corrected chi connectivity index (χ4v) is 4.03. The molecule has 0 N–H and O–H groups in total. The van der Waals surface area contributed by atoms with Gasteiger partial charge in [-0.2, -0.15) is 0 Å². The summed E-state index contributed by atoms with van der Waals surface area (Å²) < 4.78 is 1.04. The molecule has 0 radical (unpaired) electrons. The lowest BCUT2D eigenvalue weighted by Crippen LogP contribution is -1.94. The van der Waals surface area contributed by atoms with Crippen molar-refractivity contribution < 1.29 is 0 Å². The van der Waals surface area contributed by atoms with E-state index in [0.29, 0.717) is 5.15 Å². The number of aromatic nitrogens is 2. The minimum atomic E-state index is 0.465. The second-order valence-electron chi connectivity index (χ2n) is 4.39. The molecule has 0 spiro atoms. The maximum Gasteiger partial charge on any atom is 0.159 e. The maximum atomic E-state index is 6.23. The van der Waals surface area contributed by atoms with Crippen LogP contribution < -0.4 is 0 Å². The Morgan fingerprint density at radius 3 is 2.37 bits per heavy atom. The lowest BCUT2D eigenvalue weighted by molar-refractivity contribution is 1.06. The summed E-state index contributed by atoms with van der Waals surface area (Å²) in [6.07, 6.45) is 0. The van der Waals surface area contributed by atoms with Crippen LogP contribution in [0.5, 0.6) is 0 Å². The van der Waals surface area contributed by atoms with Gasteiger partial charge >= 0.3 is 0 Å². The molecule has 5 heteroatoms. The molecule has 0 amide bonds. The van der Waals surface area contributed by atoms with Gasteiger partial charge in [0.25, 0.3) is 0 Å². The van der Waals surface area contributed by atoms with Crippen LogP contribution in [0.4, 0.5) is 0 Å². The summed E-state index contributed by atoms with van der Waals surface area (Å²) in [5.41, 5.74) is 3.17. The Morgan fingerprint density at radius 1 is 1.05 bits per heavy atom. The Labute approximate surface area is 128 Å². The molecule has 0 aliphatic rings. The van der Waals surface area contributed by atoms with Crippen LogP contribution in [0.25, 0.3) is 21.3 Å². The summed E-state index contributed by atoms with van der Waals surface area (Å²) in [6.45, 7) is 4.12. The number of rotatable bonds is 1. The van der Waals surface area contributed by atoms with Crippen molar-refractivity contribution in [1.82, 2.24) is 10.2 Å². The molecule has 96 valence electrons. The van der Waals surface area contributed by atoms with E-state index in [2.05, 4.69) is 45.2 Å². The van der Waals surface area contributed by atoms with Gasteiger partial charge in [-0.3, -0.25) is 0 Å². The average molecular weight is 354 g/mol. The summed E-state index contributed by atoms with van der Waals surface area (Å²) >= 11 is 11.4. The first-order valence-corrected chi connectivity index (χ1v) is 7.80. The molecule has 2 heterocycles. The number of aryl methyl sites for hydroxylation is 2. The molecular weight excluding hydrogens is 344 g/mol. The molecule has 3 aromatic rings. The third-order valence-corrected chi connectivity index (χ3v) is 5.24. The number of benzene rings is 1. The van der Waals surface area contributed by atoms with Crippen molar-refractivity contribution in [2.45, 2.75) is 13.8 Å². The second-order valence-corrected chi connectivity index (χ2v) is 6.51. The van der Waals surface area contributed by atoms with Crippen LogP contribution >= 0.6 is 38.9 Å². The lowest BCUT2D eigenvalue weighted by Gasteiger charge is -2.10. The van der Waals surface area contributed by atoms with Crippen LogP contribution in [0.3, 0.4) is 0 Å². The Hall–Kier alpha value is -0.970. The Balaban J connectivity index is 2.49. The normalized spacial score (nSPS) is 11.2. The maximum absolute atomic E-state index is 6.23. The molecule has 0 aliphatic heterocycles. The van der Waals surface area contributed by atoms with Gasteiger partial charge in [0.15, 0.2) is 5.15 Å². The quantitative estimate of drug-likeness (QED) is 0.586. The molecule has 0 bridgehead atoms. The van der Waals surface area contributed by atoms with E-state index in [4.69, 9.17) is 11.6 Å². The predicted molar refractivity (Wildman–Crippen MR) is 85.0 cm³/mol. The second kappa shape index (κ2) is 4.85. The van der Waals surface area contributed by atoms with Crippen molar-refractivity contribution >= 4 is 49.6 Å². The zero-order valence-electron chi connectivity index (χ0n) is 10.4. The molecule has 0 atom stereocenters. The average Bonchev–Trinajstić information content (AvgIpc) is 2.80. The van der Waals surface area contributed by atoms with Gasteiger partial charge in [0.1, 0.15) is 5.69 Å². The highest BCUT2D eigenvalue weighted by molar-refractivity contribution is 9.10. The highest BCUT2D eigenvalue weighted by Crippen LogP contribution is 2.39. The van der Waals surface area contributed by atoms with Crippen LogP contribution in [-0.4, -0.2) is 10.2 Å². The lowest BCUT2D eigenvalue weighted by atomic mass is 10.0. The third kappa shape index (κ3) is 2.08. The van der Waals surface area contributed by atoms with Gasteiger partial charge in [0.2, 0.25) is 0 Å². The summed E-state index contributed by atoms with van der Waals surface area (Å²) in [5, 5.41) is 13.0. The minimum Gasteiger partial charge on any atom is -0.147 e. The van der Waals surface area contributed by atoms with Crippen molar-refractivity contribution in [2.24, 2.45) is 0 Å². The fourth-order valence-electron chi connectivity index (χ4n) is 2.20. The van der Waals surface area contributed by atoms with E-state index in [1.54, 1.807) is 11.3 Å². The smallest absolute Gasteiger partial charge is 0.147 e. The van der Waals surface area contributed by atoms with Crippen molar-refractivity contribution in [3.8, 4) is 10.6 Å². The first kappa shape index (κ1) is 13.0. The van der Waals surface area contributed by atoms with Gasteiger partial charge in [-0.05, 0) is 52.4 Å². The molecule has 19 heavy (non-hydrogen) atoms. The van der Waals surface area contributed by atoms with Gasteiger partial charge < -0.3 is 0 Å². The summed E-state index contributed by atoms with van der Waals surface area (Å²) in [4.78, 5) is 1.09. The summed E-state index contributed by atoms with van der Waals surface area (Å²) in [7, 11) is 0. The monoisotopic (exact) mass is 352 g/mol. The summed E-state index contributed by atoms with van der Waals surface area (Å²) in [6, 6.07) is 6.19. The van der Waals surface area contributed by atoms with Crippen LogP contribution in [0.2, 0.25) is 5.15 Å². The molecule has 0 unspecified atom stereocenters. The van der Waals surface area contributed by atoms with Gasteiger partial charge in [-0.15, -0.1) is 21.5 Å². The van der Waals surface area contributed by atoms with E-state index in [1.165, 1.54) is 0 Å². The Kier molecular flexibility index (Phi) is 3.33. The topological polar surface area (TPSA) is 25.8 Å². The number of hydrogen-bond donors (Lipinski definition) is 0. The van der Waals surface area contributed by atoms with Crippen molar-refractivity contribution in [1.29, 1.82) is 0 Å². The van der Waals surface area contributed by atoms with Crippen LogP contribution in [0, 0.1) is 13.8 Å². The van der Waals surface area contributed by atoms with Gasteiger partial charge in [0, 0.05) is 15.2 Å². The molecule has 2 nitrogen and oxygen atoms in total. The molecule has 2 aromatic heterocycles. The highest BCUT2D eigenvalue weighted by Gasteiger charge is 2.16. The van der Waals surface area contributed by atoms with Gasteiger partial charge in [0.05, 0.1) is 4.88 Å². The van der Waals surface area contributed by atoms with Gasteiger partial charge in [-0.25, -0.2) is 0 Å². The van der Waals surface area contributed by atoms with Crippen molar-refractivity contribution in [3.05, 3.63) is 44.3 Å². The minimum absolute atomic E-state index is 0.465. The third-order valence-electron chi connectivity index (χ3n) is 3.14. The molecule has 3 rings (SSSR count). The summed E-state index contributed by atoms with van der Waals surface area (Å²) in [5.74, 6) is 0. The number of thiophene rings is 1. The van der Waals surface area contributed by atoms with Crippen LogP contribution in [0.1, 0.15) is 11.1 Å². The van der Waals surface area contributed by atoms with E-state index >= 15 is 0 Å². The zero-order chi connectivity index (χ0) is 13.6. The van der Waals surface area contributed by atoms with Crippen molar-refractivity contribution in [3.63, 3.8) is 0 Å². The number of hydrogen-bond acceptors (Lipinski definition) is 3. The first-order chi connectivity index (χ1) is 9.09. The van der Waals surface area contributed by atoms with E-state index in [-0.39, 0.29) is 0 Å². The Bertz CT molecular complexity index is 774. The molecular formula is C14H10BrClN2S. The van der Waals surface area contributed by atoms with E-state index in [0.717, 1.165) is 36.9 Å². The molecule has 0 aliphatic carbocycles. The molecule has 0 saturated heterocycles. The van der Waals surface area contributed by atoms with Crippen LogP contribution in [0.15, 0.2) is 28.1 Å². The fraction of sp³-hybridized carbons (Fsp3) is 0.143.